The number of rotatable bonds is 4. The van der Waals surface area contributed by atoms with Crippen molar-refractivity contribution >= 4 is 10.8 Å². The number of benzene rings is 2. The molecular weight excluding hydrogens is 276 g/mol. The van der Waals surface area contributed by atoms with Crippen molar-refractivity contribution in [1.29, 1.82) is 0 Å². The van der Waals surface area contributed by atoms with E-state index in [1.807, 2.05) is 36.4 Å². The first-order valence-corrected chi connectivity index (χ1v) is 8.77. The number of hydrogen-bond donors (Lipinski definition) is 0. The summed E-state index contributed by atoms with van der Waals surface area (Å²) >= 11 is 0. The molecule has 0 saturated carbocycles. The Kier molecular flexibility index (Phi) is 4.66. The van der Waals surface area contributed by atoms with Gasteiger partial charge in [0.2, 0.25) is 0 Å². The lowest BCUT2D eigenvalue weighted by Gasteiger charge is -2.21. The molecule has 0 N–H and O–H groups in total. The monoisotopic (exact) mass is 296 g/mol. The third kappa shape index (κ3) is 3.33. The van der Waals surface area contributed by atoms with Gasteiger partial charge in [0.05, 0.1) is 16.0 Å². The van der Waals surface area contributed by atoms with Crippen LogP contribution in [0.25, 0.3) is 0 Å². The molecule has 0 amide bonds. The Labute approximate surface area is 129 Å². The van der Waals surface area contributed by atoms with E-state index in [0.717, 1.165) is 35.3 Å². The second-order valence-corrected chi connectivity index (χ2v) is 7.01. The molecule has 1 unspecified atom stereocenters. The van der Waals surface area contributed by atoms with Gasteiger partial charge in [0, 0.05) is 4.91 Å². The van der Waals surface area contributed by atoms with Crippen LogP contribution < -0.4 is 0 Å². The highest BCUT2D eigenvalue weighted by molar-refractivity contribution is 7.89. The molecule has 2 aromatic carbocycles. The van der Waals surface area contributed by atoms with E-state index in [0.29, 0.717) is 0 Å². The van der Waals surface area contributed by atoms with Crippen LogP contribution in [-0.4, -0.2) is 4.21 Å². The van der Waals surface area contributed by atoms with E-state index in [9.17, 15) is 4.21 Å². The van der Waals surface area contributed by atoms with Gasteiger partial charge >= 0.3 is 0 Å². The molecule has 0 spiro atoms. The topological polar surface area (TPSA) is 17.1 Å². The lowest BCUT2D eigenvalue weighted by molar-refractivity contribution is 0.670. The predicted octanol–water partition coefficient (Wildman–Crippen LogP) is 4.98. The van der Waals surface area contributed by atoms with Gasteiger partial charge in [-0.2, -0.15) is 0 Å². The summed E-state index contributed by atoms with van der Waals surface area (Å²) in [6.07, 6.45) is 6.62. The average molecular weight is 296 g/mol. The Hall–Kier alpha value is -1.67. The van der Waals surface area contributed by atoms with E-state index in [-0.39, 0.29) is 5.25 Å². The van der Waals surface area contributed by atoms with Gasteiger partial charge in [-0.25, -0.2) is 0 Å². The number of hydrogen-bond acceptors (Lipinski definition) is 1. The summed E-state index contributed by atoms with van der Waals surface area (Å²) in [7, 11) is -0.985. The van der Waals surface area contributed by atoms with Crippen molar-refractivity contribution in [3.05, 3.63) is 82.8 Å². The fraction of sp³-hybridized carbons (Fsp3) is 0.263. The lowest BCUT2D eigenvalue weighted by Crippen LogP contribution is -2.12. The Morgan fingerprint density at radius 1 is 0.810 bits per heavy atom. The van der Waals surface area contributed by atoms with Crippen molar-refractivity contribution in [2.75, 3.05) is 0 Å². The summed E-state index contributed by atoms with van der Waals surface area (Å²) in [6, 6.07) is 20.4. The van der Waals surface area contributed by atoms with Gasteiger partial charge in [-0.3, -0.25) is 4.21 Å². The van der Waals surface area contributed by atoms with Gasteiger partial charge in [0.15, 0.2) is 0 Å². The molecule has 0 bridgehead atoms. The van der Waals surface area contributed by atoms with E-state index >= 15 is 0 Å². The normalized spacial score (nSPS) is 16.5. The maximum absolute atomic E-state index is 13.1. The van der Waals surface area contributed by atoms with E-state index in [1.54, 1.807) is 0 Å². The summed E-state index contributed by atoms with van der Waals surface area (Å²) in [5, 5.41) is -0.0586. The van der Waals surface area contributed by atoms with Crippen LogP contribution in [0.5, 0.6) is 0 Å². The smallest absolute Gasteiger partial charge is 0.0890 e. The Balaban J connectivity index is 2.00. The Morgan fingerprint density at radius 2 is 1.38 bits per heavy atom. The van der Waals surface area contributed by atoms with Crippen molar-refractivity contribution in [3.8, 4) is 0 Å². The molecule has 0 heterocycles. The molecular formula is C19H20OS. The van der Waals surface area contributed by atoms with Gasteiger partial charge in [-0.05, 0) is 36.8 Å². The van der Waals surface area contributed by atoms with Crippen molar-refractivity contribution in [3.63, 3.8) is 0 Å². The third-order valence-corrected chi connectivity index (χ3v) is 5.79. The van der Waals surface area contributed by atoms with E-state index < -0.39 is 10.8 Å². The van der Waals surface area contributed by atoms with E-state index in [2.05, 4.69) is 30.3 Å². The van der Waals surface area contributed by atoms with Crippen LogP contribution in [0.2, 0.25) is 0 Å². The van der Waals surface area contributed by atoms with Crippen molar-refractivity contribution in [1.82, 2.24) is 0 Å². The standard InChI is InChI=1S/C19H20OS/c20-21(18-14-8-3-9-15-18)19(16-10-4-1-5-11-16)17-12-6-2-7-13-17/h1-2,4-7,10-14,19H,3,8-9,15H2. The molecule has 0 fully saturated rings. The van der Waals surface area contributed by atoms with Crippen LogP contribution in [0.15, 0.2) is 71.6 Å². The van der Waals surface area contributed by atoms with Crippen LogP contribution in [0.1, 0.15) is 42.1 Å². The van der Waals surface area contributed by atoms with Gasteiger partial charge in [0.1, 0.15) is 0 Å². The SMILES string of the molecule is O=S(C1=CCCCC1)C(c1ccccc1)c1ccccc1. The van der Waals surface area contributed by atoms with E-state index in [1.165, 1.54) is 6.42 Å². The maximum Gasteiger partial charge on any atom is 0.0890 e. The first-order valence-electron chi connectivity index (χ1n) is 7.56. The molecule has 1 aliphatic rings. The largest absolute Gasteiger partial charge is 0.254 e. The molecule has 0 saturated heterocycles. The molecule has 1 atom stereocenters. The van der Waals surface area contributed by atoms with Gasteiger partial charge < -0.3 is 0 Å². The minimum Gasteiger partial charge on any atom is -0.254 e. The summed E-state index contributed by atoms with van der Waals surface area (Å²) in [4.78, 5) is 1.12. The summed E-state index contributed by atoms with van der Waals surface area (Å²) in [5.41, 5.74) is 2.27. The summed E-state index contributed by atoms with van der Waals surface area (Å²) < 4.78 is 13.1. The van der Waals surface area contributed by atoms with Crippen LogP contribution in [0, 0.1) is 0 Å². The first kappa shape index (κ1) is 14.3. The molecule has 21 heavy (non-hydrogen) atoms. The molecule has 3 rings (SSSR count). The third-order valence-electron chi connectivity index (χ3n) is 3.93. The maximum atomic E-state index is 13.1. The molecule has 1 nitrogen and oxygen atoms in total. The van der Waals surface area contributed by atoms with Crippen LogP contribution >= 0.6 is 0 Å². The highest BCUT2D eigenvalue weighted by Gasteiger charge is 2.24. The fourth-order valence-electron chi connectivity index (χ4n) is 2.84. The highest BCUT2D eigenvalue weighted by Crippen LogP contribution is 2.34. The van der Waals surface area contributed by atoms with Crippen LogP contribution in [0.4, 0.5) is 0 Å². The van der Waals surface area contributed by atoms with Crippen molar-refractivity contribution in [2.45, 2.75) is 30.9 Å². The predicted molar refractivity (Wildman–Crippen MR) is 89.4 cm³/mol. The molecule has 2 heteroatoms. The second kappa shape index (κ2) is 6.86. The Morgan fingerprint density at radius 3 is 1.86 bits per heavy atom. The van der Waals surface area contributed by atoms with Gasteiger partial charge in [-0.15, -0.1) is 0 Å². The molecule has 0 radical (unpaired) electrons. The zero-order chi connectivity index (χ0) is 14.5. The molecule has 0 aromatic heterocycles. The average Bonchev–Trinajstić information content (AvgIpc) is 2.58. The number of allylic oxidation sites excluding steroid dienone is 2. The quantitative estimate of drug-likeness (QED) is 0.777. The zero-order valence-electron chi connectivity index (χ0n) is 12.1. The highest BCUT2D eigenvalue weighted by atomic mass is 32.2. The minimum atomic E-state index is -0.985. The minimum absolute atomic E-state index is 0.0586. The molecule has 2 aromatic rings. The lowest BCUT2D eigenvalue weighted by atomic mass is 10.0. The van der Waals surface area contributed by atoms with Gasteiger partial charge in [0.25, 0.3) is 0 Å². The molecule has 108 valence electrons. The van der Waals surface area contributed by atoms with E-state index in [4.69, 9.17) is 0 Å². The summed E-state index contributed by atoms with van der Waals surface area (Å²) in [6.45, 7) is 0. The first-order chi connectivity index (χ1) is 10.4. The summed E-state index contributed by atoms with van der Waals surface area (Å²) in [5.74, 6) is 0. The van der Waals surface area contributed by atoms with Crippen molar-refractivity contribution < 1.29 is 4.21 Å². The van der Waals surface area contributed by atoms with Gasteiger partial charge in [-0.1, -0.05) is 66.7 Å². The molecule has 0 aliphatic heterocycles. The Bertz CT molecular complexity index is 592. The van der Waals surface area contributed by atoms with Crippen molar-refractivity contribution in [2.24, 2.45) is 0 Å². The van der Waals surface area contributed by atoms with Crippen LogP contribution in [0.3, 0.4) is 0 Å². The fourth-order valence-corrected chi connectivity index (χ4v) is 4.58. The molecule has 1 aliphatic carbocycles. The second-order valence-electron chi connectivity index (χ2n) is 5.42. The van der Waals surface area contributed by atoms with Crippen LogP contribution in [-0.2, 0) is 10.8 Å². The zero-order valence-corrected chi connectivity index (χ0v) is 12.9.